The molecule has 0 aliphatic carbocycles. The number of anilines is 1. The van der Waals surface area contributed by atoms with Crippen molar-refractivity contribution < 1.29 is 22.6 Å². The lowest BCUT2D eigenvalue weighted by molar-refractivity contribution is 0.391. The predicted molar refractivity (Wildman–Crippen MR) is 71.0 cm³/mol. The highest BCUT2D eigenvalue weighted by Crippen LogP contribution is 2.25. The number of aromatic nitrogens is 1. The molecule has 0 radical (unpaired) electrons. The standard InChI is InChI=1S/C14H13F3N2O2/c1-20-9-4-3-8(12(5-9)21-2)7-18-14-11(16)6-10(15)13(17)19-14/h3-6H,7H2,1-2H3,(H,18,19). The highest BCUT2D eigenvalue weighted by molar-refractivity contribution is 5.44. The number of methoxy groups -OCH3 is 2. The topological polar surface area (TPSA) is 43.4 Å². The molecule has 7 heteroatoms. The second-order valence-corrected chi connectivity index (χ2v) is 4.12. The van der Waals surface area contributed by atoms with Gasteiger partial charge in [0.25, 0.3) is 5.95 Å². The fourth-order valence-corrected chi connectivity index (χ4v) is 1.74. The monoisotopic (exact) mass is 298 g/mol. The summed E-state index contributed by atoms with van der Waals surface area (Å²) in [5, 5.41) is 2.60. The van der Waals surface area contributed by atoms with Gasteiger partial charge in [-0.25, -0.2) is 8.78 Å². The molecule has 1 N–H and O–H groups in total. The number of hydrogen-bond acceptors (Lipinski definition) is 4. The van der Waals surface area contributed by atoms with Crippen LogP contribution in [0.3, 0.4) is 0 Å². The van der Waals surface area contributed by atoms with Gasteiger partial charge in [0.1, 0.15) is 11.5 Å². The van der Waals surface area contributed by atoms with E-state index in [-0.39, 0.29) is 12.4 Å². The number of hydrogen-bond donors (Lipinski definition) is 1. The zero-order valence-electron chi connectivity index (χ0n) is 11.4. The quantitative estimate of drug-likeness (QED) is 0.861. The summed E-state index contributed by atoms with van der Waals surface area (Å²) in [6, 6.07) is 5.51. The molecule has 0 unspecified atom stereocenters. The van der Waals surface area contributed by atoms with Crippen LogP contribution < -0.4 is 14.8 Å². The zero-order valence-corrected chi connectivity index (χ0v) is 11.4. The lowest BCUT2D eigenvalue weighted by atomic mass is 10.2. The number of rotatable bonds is 5. The van der Waals surface area contributed by atoms with E-state index >= 15 is 0 Å². The Hall–Kier alpha value is -2.44. The van der Waals surface area contributed by atoms with Crippen LogP contribution in [0.5, 0.6) is 11.5 Å². The highest BCUT2D eigenvalue weighted by atomic mass is 19.2. The Bertz CT molecular complexity index is 650. The van der Waals surface area contributed by atoms with E-state index in [0.717, 1.165) is 0 Å². The summed E-state index contributed by atoms with van der Waals surface area (Å²) in [5.74, 6) is -2.91. The van der Waals surface area contributed by atoms with Gasteiger partial charge in [0.15, 0.2) is 17.5 Å². The molecule has 4 nitrogen and oxygen atoms in total. The summed E-state index contributed by atoms with van der Waals surface area (Å²) in [5.41, 5.74) is 0.684. The third kappa shape index (κ3) is 3.36. The van der Waals surface area contributed by atoms with Crippen LogP contribution in [0.2, 0.25) is 0 Å². The minimum atomic E-state index is -1.36. The molecule has 1 heterocycles. The number of pyridine rings is 1. The van der Waals surface area contributed by atoms with Crippen LogP contribution in [-0.2, 0) is 6.54 Å². The summed E-state index contributed by atoms with van der Waals surface area (Å²) < 4.78 is 49.5. The first kappa shape index (κ1) is 15.0. The zero-order chi connectivity index (χ0) is 15.4. The summed E-state index contributed by atoms with van der Waals surface area (Å²) in [4.78, 5) is 3.18. The Labute approximate surface area is 119 Å². The molecule has 0 fully saturated rings. The molecule has 0 saturated heterocycles. The maximum Gasteiger partial charge on any atom is 0.251 e. The minimum absolute atomic E-state index is 0.127. The van der Waals surface area contributed by atoms with Gasteiger partial charge >= 0.3 is 0 Å². The van der Waals surface area contributed by atoms with Crippen molar-refractivity contribution >= 4 is 5.82 Å². The average molecular weight is 298 g/mol. The number of halogens is 3. The molecule has 0 aliphatic heterocycles. The van der Waals surface area contributed by atoms with Gasteiger partial charge in [-0.05, 0) is 12.1 Å². The normalized spacial score (nSPS) is 10.3. The van der Waals surface area contributed by atoms with Crippen LogP contribution in [0, 0.1) is 17.6 Å². The lowest BCUT2D eigenvalue weighted by Crippen LogP contribution is -2.07. The van der Waals surface area contributed by atoms with E-state index < -0.39 is 17.6 Å². The molecule has 1 aromatic heterocycles. The van der Waals surface area contributed by atoms with Crippen LogP contribution in [-0.4, -0.2) is 19.2 Å². The average Bonchev–Trinajstić information content (AvgIpc) is 2.49. The van der Waals surface area contributed by atoms with Gasteiger partial charge in [-0.3, -0.25) is 0 Å². The van der Waals surface area contributed by atoms with Gasteiger partial charge in [-0.1, -0.05) is 0 Å². The van der Waals surface area contributed by atoms with E-state index in [2.05, 4.69) is 10.3 Å². The molecule has 0 bridgehead atoms. The van der Waals surface area contributed by atoms with Crippen molar-refractivity contribution in [2.45, 2.75) is 6.54 Å². The fourth-order valence-electron chi connectivity index (χ4n) is 1.74. The van der Waals surface area contributed by atoms with E-state index in [0.29, 0.717) is 23.1 Å². The SMILES string of the molecule is COc1ccc(CNc2nc(F)c(F)cc2F)c(OC)c1. The molecule has 0 saturated carbocycles. The van der Waals surface area contributed by atoms with Gasteiger partial charge in [0.05, 0.1) is 14.2 Å². The second-order valence-electron chi connectivity index (χ2n) is 4.12. The Morgan fingerprint density at radius 3 is 2.48 bits per heavy atom. The van der Waals surface area contributed by atoms with Crippen molar-refractivity contribution in [1.29, 1.82) is 0 Å². The smallest absolute Gasteiger partial charge is 0.251 e. The summed E-state index contributed by atoms with van der Waals surface area (Å²) >= 11 is 0. The molecule has 21 heavy (non-hydrogen) atoms. The van der Waals surface area contributed by atoms with Crippen LogP contribution in [0.15, 0.2) is 24.3 Å². The summed E-state index contributed by atoms with van der Waals surface area (Å²) in [6.45, 7) is 0.127. The predicted octanol–water partition coefficient (Wildman–Crippen LogP) is 3.13. The molecule has 2 aromatic rings. The van der Waals surface area contributed by atoms with Crippen LogP contribution in [0.1, 0.15) is 5.56 Å². The molecule has 0 amide bonds. The summed E-state index contributed by atoms with van der Waals surface area (Å²) in [6.07, 6.45) is 0. The van der Waals surface area contributed by atoms with Gasteiger partial charge in [0.2, 0.25) is 0 Å². The van der Waals surface area contributed by atoms with E-state index in [9.17, 15) is 13.2 Å². The van der Waals surface area contributed by atoms with Crippen molar-refractivity contribution in [1.82, 2.24) is 4.98 Å². The molecule has 112 valence electrons. The molecule has 1 aromatic carbocycles. The van der Waals surface area contributed by atoms with Crippen molar-refractivity contribution in [3.05, 3.63) is 47.4 Å². The van der Waals surface area contributed by atoms with Crippen molar-refractivity contribution in [2.24, 2.45) is 0 Å². The van der Waals surface area contributed by atoms with Crippen molar-refractivity contribution in [2.75, 3.05) is 19.5 Å². The van der Waals surface area contributed by atoms with Gasteiger partial charge < -0.3 is 14.8 Å². The van der Waals surface area contributed by atoms with Gasteiger partial charge in [-0.15, -0.1) is 0 Å². The lowest BCUT2D eigenvalue weighted by Gasteiger charge is -2.12. The van der Waals surface area contributed by atoms with E-state index in [4.69, 9.17) is 9.47 Å². The van der Waals surface area contributed by atoms with Crippen LogP contribution in [0.4, 0.5) is 19.0 Å². The van der Waals surface area contributed by atoms with Gasteiger partial charge in [-0.2, -0.15) is 9.37 Å². The Morgan fingerprint density at radius 2 is 1.81 bits per heavy atom. The molecule has 2 rings (SSSR count). The summed E-state index contributed by atoms with van der Waals surface area (Å²) in [7, 11) is 3.00. The maximum atomic E-state index is 13.5. The number of nitrogens with one attached hydrogen (secondary N) is 1. The number of benzene rings is 1. The highest BCUT2D eigenvalue weighted by Gasteiger charge is 2.12. The van der Waals surface area contributed by atoms with Crippen LogP contribution in [0.25, 0.3) is 0 Å². The Morgan fingerprint density at radius 1 is 1.05 bits per heavy atom. The van der Waals surface area contributed by atoms with Crippen molar-refractivity contribution in [3.63, 3.8) is 0 Å². The second kappa shape index (κ2) is 6.34. The first-order valence-corrected chi connectivity index (χ1v) is 6.01. The Balaban J connectivity index is 2.18. The molecule has 0 atom stereocenters. The first-order chi connectivity index (χ1) is 10.0. The molecule has 0 aliphatic rings. The first-order valence-electron chi connectivity index (χ1n) is 6.01. The third-order valence-electron chi connectivity index (χ3n) is 2.83. The minimum Gasteiger partial charge on any atom is -0.497 e. The van der Waals surface area contributed by atoms with Crippen molar-refractivity contribution in [3.8, 4) is 11.5 Å². The molecular weight excluding hydrogens is 285 g/mol. The van der Waals surface area contributed by atoms with E-state index in [1.165, 1.54) is 14.2 Å². The largest absolute Gasteiger partial charge is 0.497 e. The molecular formula is C14H13F3N2O2. The number of ether oxygens (including phenoxy) is 2. The van der Waals surface area contributed by atoms with Gasteiger partial charge in [0, 0.05) is 24.2 Å². The number of nitrogens with zero attached hydrogens (tertiary/aromatic N) is 1. The van der Waals surface area contributed by atoms with Crippen LogP contribution >= 0.6 is 0 Å². The Kier molecular flexibility index (Phi) is 4.52. The maximum absolute atomic E-state index is 13.5. The molecule has 0 spiro atoms. The van der Waals surface area contributed by atoms with E-state index in [1.807, 2.05) is 0 Å². The van der Waals surface area contributed by atoms with E-state index in [1.54, 1.807) is 18.2 Å². The fraction of sp³-hybridized carbons (Fsp3) is 0.214. The third-order valence-corrected chi connectivity index (χ3v) is 2.83.